The molecule has 34 heavy (non-hydrogen) atoms. The van der Waals surface area contributed by atoms with Crippen LogP contribution < -0.4 is 0 Å². The zero-order valence-corrected chi connectivity index (χ0v) is 23.1. The van der Waals surface area contributed by atoms with Crippen LogP contribution in [0.25, 0.3) is 0 Å². The van der Waals surface area contributed by atoms with Crippen molar-refractivity contribution in [2.24, 2.45) is 0 Å². The summed E-state index contributed by atoms with van der Waals surface area (Å²) >= 11 is 20.8. The smallest absolute Gasteiger partial charge is 0.252 e. The lowest BCUT2D eigenvalue weighted by molar-refractivity contribution is -0.178. The number of hydrogen-bond acceptors (Lipinski definition) is 3. The number of thioether (sulfide) groups is 1. The lowest BCUT2D eigenvalue weighted by Gasteiger charge is -2.48. The molecule has 1 aliphatic heterocycles. The molecule has 4 atom stereocenters. The quantitative estimate of drug-likeness (QED) is 0.314. The van der Waals surface area contributed by atoms with Crippen molar-refractivity contribution in [3.05, 3.63) is 81.3 Å². The highest BCUT2D eigenvalue weighted by molar-refractivity contribution is 8.00. The summed E-state index contributed by atoms with van der Waals surface area (Å²) in [7, 11) is 0. The van der Waals surface area contributed by atoms with Crippen LogP contribution in [0.1, 0.15) is 63.8 Å². The second-order valence-electron chi connectivity index (χ2n) is 9.50. The van der Waals surface area contributed by atoms with Crippen molar-refractivity contribution in [3.63, 3.8) is 0 Å². The minimum absolute atomic E-state index is 0.0192. The van der Waals surface area contributed by atoms with Crippen LogP contribution in [-0.2, 0) is 9.53 Å². The van der Waals surface area contributed by atoms with Crippen LogP contribution in [0.3, 0.4) is 0 Å². The van der Waals surface area contributed by atoms with Crippen LogP contribution in [0, 0.1) is 0 Å². The maximum absolute atomic E-state index is 13.9. The number of rotatable bonds is 8. The zero-order chi connectivity index (χ0) is 25.0. The van der Waals surface area contributed by atoms with Crippen molar-refractivity contribution in [2.45, 2.75) is 69.6 Å². The number of benzene rings is 2. The predicted octanol–water partition coefficient (Wildman–Crippen LogP) is 8.54. The summed E-state index contributed by atoms with van der Waals surface area (Å²) in [5.41, 5.74) is 1.79. The second kappa shape index (κ2) is 11.7. The fourth-order valence-electron chi connectivity index (χ4n) is 4.21. The van der Waals surface area contributed by atoms with Gasteiger partial charge in [0.2, 0.25) is 0 Å². The van der Waals surface area contributed by atoms with E-state index in [0.717, 1.165) is 23.3 Å². The molecule has 1 saturated heterocycles. The highest BCUT2D eigenvalue weighted by atomic mass is 35.5. The van der Waals surface area contributed by atoms with E-state index in [4.69, 9.17) is 39.5 Å². The Morgan fingerprint density at radius 2 is 1.68 bits per heavy atom. The van der Waals surface area contributed by atoms with Gasteiger partial charge in [0.25, 0.3) is 5.91 Å². The Balaban J connectivity index is 2.16. The molecule has 1 fully saturated rings. The first kappa shape index (κ1) is 27.4. The molecule has 3 rings (SSSR count). The number of morpholine rings is 1. The Labute approximate surface area is 222 Å². The number of carbonyl (C=O) groups excluding carboxylic acids is 1. The van der Waals surface area contributed by atoms with Gasteiger partial charge in [0.05, 0.1) is 6.04 Å². The molecule has 0 aliphatic carbocycles. The third kappa shape index (κ3) is 6.73. The van der Waals surface area contributed by atoms with Gasteiger partial charge in [-0.3, -0.25) is 4.79 Å². The Morgan fingerprint density at radius 1 is 1.06 bits per heavy atom. The molecule has 0 spiro atoms. The van der Waals surface area contributed by atoms with Gasteiger partial charge in [-0.05, 0) is 47.9 Å². The third-order valence-electron chi connectivity index (χ3n) is 5.81. The van der Waals surface area contributed by atoms with E-state index < -0.39 is 12.2 Å². The third-order valence-corrected chi connectivity index (χ3v) is 7.91. The molecule has 2 aromatic carbocycles. The average Bonchev–Trinajstić information content (AvgIpc) is 2.75. The summed E-state index contributed by atoms with van der Waals surface area (Å²) < 4.78 is 6.57. The molecule has 1 aliphatic rings. The second-order valence-corrected chi connectivity index (χ2v) is 12.7. The minimum Gasteiger partial charge on any atom is -0.358 e. The number of halogens is 3. The minimum atomic E-state index is -0.627. The van der Waals surface area contributed by atoms with Crippen LogP contribution in [0.2, 0.25) is 15.1 Å². The number of ether oxygens (including phenoxy) is 1. The van der Waals surface area contributed by atoms with Gasteiger partial charge in [0, 0.05) is 38.0 Å². The Morgan fingerprint density at radius 3 is 2.21 bits per heavy atom. The van der Waals surface area contributed by atoms with Gasteiger partial charge in [-0.2, -0.15) is 11.8 Å². The van der Waals surface area contributed by atoms with Crippen molar-refractivity contribution < 1.29 is 9.53 Å². The number of hydrogen-bond donors (Lipinski definition) is 0. The predicted molar refractivity (Wildman–Crippen MR) is 146 cm³/mol. The van der Waals surface area contributed by atoms with Gasteiger partial charge < -0.3 is 9.64 Å². The van der Waals surface area contributed by atoms with Crippen molar-refractivity contribution in [1.29, 1.82) is 0 Å². The van der Waals surface area contributed by atoms with Crippen molar-refractivity contribution in [2.75, 3.05) is 5.75 Å². The molecule has 1 heterocycles. The summed E-state index contributed by atoms with van der Waals surface area (Å²) in [5.74, 6) is 0.797. The average molecular weight is 541 g/mol. The van der Waals surface area contributed by atoms with Crippen LogP contribution in [0.5, 0.6) is 0 Å². The summed E-state index contributed by atoms with van der Waals surface area (Å²) in [5, 5.41) is 1.69. The molecule has 1 unspecified atom stereocenters. The molecule has 0 N–H and O–H groups in total. The molecular formula is C27H32Cl3NO2S. The molecule has 2 aromatic rings. The maximum atomic E-state index is 13.9. The molecule has 0 bridgehead atoms. The summed E-state index contributed by atoms with van der Waals surface area (Å²) in [6.45, 7) is 12.6. The van der Waals surface area contributed by atoms with Crippen LogP contribution in [0.15, 0.2) is 55.1 Å². The van der Waals surface area contributed by atoms with Gasteiger partial charge in [-0.25, -0.2) is 0 Å². The summed E-state index contributed by atoms with van der Waals surface area (Å²) in [6.07, 6.45) is 1.90. The normalized spacial score (nSPS) is 22.0. The first-order valence-corrected chi connectivity index (χ1v) is 13.6. The zero-order valence-electron chi connectivity index (χ0n) is 20.1. The standard InChI is InChI=1S/C27H32Cl3NO2S/c1-6-8-23-26(32)31(22(7-2)16-34-27(3,4)5)24(17-9-11-19(28)12-10-17)25(33-23)18-13-20(29)15-21(30)14-18/h6,9-15,22-25H,1,7-8,16H2,2-5H3/t22?,23-,24-,25-/m1/s1. The topological polar surface area (TPSA) is 29.5 Å². The number of carbonyl (C=O) groups is 1. The Hall–Kier alpha value is -1.17. The first-order valence-electron chi connectivity index (χ1n) is 11.5. The summed E-state index contributed by atoms with van der Waals surface area (Å²) in [4.78, 5) is 15.9. The van der Waals surface area contributed by atoms with Crippen molar-refractivity contribution in [1.82, 2.24) is 4.90 Å². The van der Waals surface area contributed by atoms with E-state index in [1.165, 1.54) is 0 Å². The van der Waals surface area contributed by atoms with Crippen molar-refractivity contribution in [3.8, 4) is 0 Å². The fourth-order valence-corrected chi connectivity index (χ4v) is 5.97. The molecule has 184 valence electrons. The van der Waals surface area contributed by atoms with Crippen LogP contribution in [0.4, 0.5) is 0 Å². The van der Waals surface area contributed by atoms with E-state index in [2.05, 4.69) is 34.3 Å². The molecule has 0 radical (unpaired) electrons. The van der Waals surface area contributed by atoms with Gasteiger partial charge >= 0.3 is 0 Å². The van der Waals surface area contributed by atoms with Crippen molar-refractivity contribution >= 4 is 52.5 Å². The molecule has 3 nitrogen and oxygen atoms in total. The van der Waals surface area contributed by atoms with Gasteiger partial charge in [0.1, 0.15) is 12.2 Å². The SMILES string of the molecule is C=CC[C@H]1O[C@H](c2cc(Cl)cc(Cl)c2)[C@@H](c2ccc(Cl)cc2)N(C(CC)CSC(C)(C)C)C1=O. The van der Waals surface area contributed by atoms with Crippen LogP contribution >= 0.6 is 46.6 Å². The lowest BCUT2D eigenvalue weighted by atomic mass is 9.89. The van der Waals surface area contributed by atoms with E-state index in [1.54, 1.807) is 12.1 Å². The first-order chi connectivity index (χ1) is 16.0. The van der Waals surface area contributed by atoms with E-state index in [-0.39, 0.29) is 22.7 Å². The number of nitrogens with zero attached hydrogens (tertiary/aromatic N) is 1. The monoisotopic (exact) mass is 539 g/mol. The van der Waals surface area contributed by atoms with Gasteiger partial charge in [0.15, 0.2) is 0 Å². The molecular weight excluding hydrogens is 509 g/mol. The maximum Gasteiger partial charge on any atom is 0.252 e. The summed E-state index contributed by atoms with van der Waals surface area (Å²) in [6, 6.07) is 12.7. The van der Waals surface area contributed by atoms with Gasteiger partial charge in [-0.1, -0.05) is 80.7 Å². The molecule has 0 saturated carbocycles. The Kier molecular flexibility index (Phi) is 9.44. The largest absolute Gasteiger partial charge is 0.358 e. The van der Waals surface area contributed by atoms with E-state index in [0.29, 0.717) is 21.5 Å². The molecule has 7 heteroatoms. The van der Waals surface area contributed by atoms with E-state index >= 15 is 0 Å². The van der Waals surface area contributed by atoms with Crippen LogP contribution in [-0.4, -0.2) is 33.5 Å². The lowest BCUT2D eigenvalue weighted by Crippen LogP contribution is -2.55. The van der Waals surface area contributed by atoms with Gasteiger partial charge in [-0.15, -0.1) is 6.58 Å². The molecule has 0 aromatic heterocycles. The molecule has 1 amide bonds. The highest BCUT2D eigenvalue weighted by Crippen LogP contribution is 2.46. The fraction of sp³-hybridized carbons (Fsp3) is 0.444. The van der Waals surface area contributed by atoms with E-state index in [9.17, 15) is 4.79 Å². The van der Waals surface area contributed by atoms with E-state index in [1.807, 2.05) is 53.1 Å². The highest BCUT2D eigenvalue weighted by Gasteiger charge is 2.46. The Bertz CT molecular complexity index is 986. The number of amides is 1.